The van der Waals surface area contributed by atoms with Crippen LogP contribution in [-0.2, 0) is 16.6 Å². The van der Waals surface area contributed by atoms with Gasteiger partial charge >= 0.3 is 0 Å². The van der Waals surface area contributed by atoms with Gasteiger partial charge in [-0.05, 0) is 17.5 Å². The van der Waals surface area contributed by atoms with Crippen LogP contribution in [0, 0.1) is 0 Å². The smallest absolute Gasteiger partial charge is 0.281 e. The molecule has 0 spiro atoms. The molecule has 0 atom stereocenters. The standard InChI is InChI=1S/C12H16N4O2S2/c1-8(2)10-7-19-12(15-10)16-20(17,18)11-4-3-9(5-13)6-14-11/h3-4,6-8H,5,13H2,1-2H3,(H,15,16). The second kappa shape index (κ2) is 5.86. The summed E-state index contributed by atoms with van der Waals surface area (Å²) in [7, 11) is -3.70. The summed E-state index contributed by atoms with van der Waals surface area (Å²) in [5.74, 6) is 0.256. The number of thiazole rings is 1. The van der Waals surface area contributed by atoms with Crippen LogP contribution in [0.15, 0.2) is 28.7 Å². The lowest BCUT2D eigenvalue weighted by molar-refractivity contribution is 0.597. The number of nitrogens with zero attached hydrogens (tertiary/aromatic N) is 2. The number of nitrogens with one attached hydrogen (secondary N) is 1. The van der Waals surface area contributed by atoms with E-state index in [1.54, 1.807) is 6.07 Å². The third-order valence-corrected chi connectivity index (χ3v) is 4.80. The third-order valence-electron chi connectivity index (χ3n) is 2.64. The molecule has 2 aromatic rings. The van der Waals surface area contributed by atoms with E-state index in [-0.39, 0.29) is 10.9 Å². The van der Waals surface area contributed by atoms with E-state index in [0.717, 1.165) is 11.3 Å². The maximum absolute atomic E-state index is 12.1. The van der Waals surface area contributed by atoms with E-state index in [4.69, 9.17) is 5.73 Å². The third kappa shape index (κ3) is 3.33. The molecule has 0 saturated carbocycles. The summed E-state index contributed by atoms with van der Waals surface area (Å²) in [6.45, 7) is 4.33. The van der Waals surface area contributed by atoms with E-state index < -0.39 is 10.0 Å². The highest BCUT2D eigenvalue weighted by atomic mass is 32.2. The van der Waals surface area contributed by atoms with E-state index in [1.807, 2.05) is 19.2 Å². The summed E-state index contributed by atoms with van der Waals surface area (Å²) in [5, 5.41) is 2.14. The van der Waals surface area contributed by atoms with Gasteiger partial charge in [0.05, 0.1) is 5.69 Å². The van der Waals surface area contributed by atoms with Gasteiger partial charge in [-0.2, -0.15) is 8.42 Å². The van der Waals surface area contributed by atoms with Crippen molar-refractivity contribution in [2.75, 3.05) is 4.72 Å². The van der Waals surface area contributed by atoms with Gasteiger partial charge in [0.1, 0.15) is 0 Å². The number of hydrogen-bond acceptors (Lipinski definition) is 6. The minimum absolute atomic E-state index is 0.0454. The molecule has 0 amide bonds. The van der Waals surface area contributed by atoms with E-state index in [0.29, 0.717) is 11.7 Å². The van der Waals surface area contributed by atoms with Crippen LogP contribution in [0.4, 0.5) is 5.13 Å². The van der Waals surface area contributed by atoms with Crippen molar-refractivity contribution in [3.63, 3.8) is 0 Å². The van der Waals surface area contributed by atoms with Crippen LogP contribution in [0.2, 0.25) is 0 Å². The van der Waals surface area contributed by atoms with Crippen LogP contribution in [0.3, 0.4) is 0 Å². The molecule has 20 heavy (non-hydrogen) atoms. The van der Waals surface area contributed by atoms with Crippen LogP contribution in [0.5, 0.6) is 0 Å². The van der Waals surface area contributed by atoms with Gasteiger partial charge in [-0.15, -0.1) is 11.3 Å². The van der Waals surface area contributed by atoms with Gasteiger partial charge < -0.3 is 5.73 Å². The van der Waals surface area contributed by atoms with E-state index in [2.05, 4.69) is 14.7 Å². The molecule has 8 heteroatoms. The van der Waals surface area contributed by atoms with Crippen molar-refractivity contribution < 1.29 is 8.42 Å². The van der Waals surface area contributed by atoms with Gasteiger partial charge in [-0.25, -0.2) is 9.97 Å². The van der Waals surface area contributed by atoms with Crippen molar-refractivity contribution in [2.45, 2.75) is 31.3 Å². The molecule has 0 radical (unpaired) electrons. The van der Waals surface area contributed by atoms with E-state index >= 15 is 0 Å². The highest BCUT2D eigenvalue weighted by molar-refractivity contribution is 7.92. The Balaban J connectivity index is 2.21. The summed E-state index contributed by atoms with van der Waals surface area (Å²) < 4.78 is 26.7. The quantitative estimate of drug-likeness (QED) is 0.879. The number of rotatable bonds is 5. The first-order valence-corrected chi connectivity index (χ1v) is 8.42. The van der Waals surface area contributed by atoms with E-state index in [1.165, 1.54) is 23.6 Å². The lowest BCUT2D eigenvalue weighted by Gasteiger charge is -2.05. The number of hydrogen-bond donors (Lipinski definition) is 2. The predicted molar refractivity (Wildman–Crippen MR) is 79.1 cm³/mol. The molecule has 0 fully saturated rings. The number of nitrogens with two attached hydrogens (primary N) is 1. The molecule has 0 bridgehead atoms. The number of pyridine rings is 1. The van der Waals surface area contributed by atoms with Crippen molar-refractivity contribution in [3.8, 4) is 0 Å². The van der Waals surface area contributed by atoms with Gasteiger partial charge in [-0.1, -0.05) is 19.9 Å². The molecule has 0 saturated heterocycles. The zero-order valence-electron chi connectivity index (χ0n) is 11.2. The molecule has 108 valence electrons. The van der Waals surface area contributed by atoms with Crippen molar-refractivity contribution in [3.05, 3.63) is 35.0 Å². The number of sulfonamides is 1. The van der Waals surface area contributed by atoms with Crippen LogP contribution < -0.4 is 10.5 Å². The Morgan fingerprint density at radius 3 is 2.65 bits per heavy atom. The minimum atomic E-state index is -3.70. The Bertz CT molecular complexity index is 678. The Labute approximate surface area is 122 Å². The lowest BCUT2D eigenvalue weighted by atomic mass is 10.2. The molecule has 0 aromatic carbocycles. The van der Waals surface area contributed by atoms with Gasteiger partial charge in [0.2, 0.25) is 0 Å². The molecular weight excluding hydrogens is 296 g/mol. The predicted octanol–water partition coefficient (Wildman–Crippen LogP) is 1.92. The summed E-state index contributed by atoms with van der Waals surface area (Å²) in [6, 6.07) is 3.07. The van der Waals surface area contributed by atoms with Crippen LogP contribution in [0.25, 0.3) is 0 Å². The average molecular weight is 312 g/mol. The molecule has 2 heterocycles. The molecule has 0 unspecified atom stereocenters. The van der Waals surface area contributed by atoms with Crippen LogP contribution >= 0.6 is 11.3 Å². The second-order valence-electron chi connectivity index (χ2n) is 4.55. The number of aromatic nitrogens is 2. The van der Waals surface area contributed by atoms with Crippen LogP contribution in [-0.4, -0.2) is 18.4 Å². The van der Waals surface area contributed by atoms with Crippen molar-refractivity contribution in [1.29, 1.82) is 0 Å². The Morgan fingerprint density at radius 2 is 2.15 bits per heavy atom. The normalized spacial score (nSPS) is 11.8. The van der Waals surface area contributed by atoms with Crippen molar-refractivity contribution in [2.24, 2.45) is 5.73 Å². The zero-order chi connectivity index (χ0) is 14.8. The molecule has 2 rings (SSSR count). The highest BCUT2D eigenvalue weighted by Gasteiger charge is 2.18. The Hall–Kier alpha value is -1.51. The Kier molecular flexibility index (Phi) is 4.36. The summed E-state index contributed by atoms with van der Waals surface area (Å²) in [5.41, 5.74) is 7.09. The molecular formula is C12H16N4O2S2. The Morgan fingerprint density at radius 1 is 1.40 bits per heavy atom. The van der Waals surface area contributed by atoms with Gasteiger partial charge in [0, 0.05) is 18.1 Å². The van der Waals surface area contributed by atoms with Gasteiger partial charge in [-0.3, -0.25) is 4.72 Å². The minimum Gasteiger partial charge on any atom is -0.326 e. The SMILES string of the molecule is CC(C)c1csc(NS(=O)(=O)c2ccc(CN)cn2)n1. The largest absolute Gasteiger partial charge is 0.326 e. The maximum Gasteiger partial charge on any atom is 0.281 e. The molecule has 0 aliphatic heterocycles. The second-order valence-corrected chi connectivity index (χ2v) is 7.03. The van der Waals surface area contributed by atoms with Crippen molar-refractivity contribution >= 4 is 26.5 Å². The first kappa shape index (κ1) is 14.9. The van der Waals surface area contributed by atoms with Crippen molar-refractivity contribution in [1.82, 2.24) is 9.97 Å². The fraction of sp³-hybridized carbons (Fsp3) is 0.333. The highest BCUT2D eigenvalue weighted by Crippen LogP contribution is 2.23. The topological polar surface area (TPSA) is 98.0 Å². The molecule has 3 N–H and O–H groups in total. The first-order chi connectivity index (χ1) is 9.42. The summed E-state index contributed by atoms with van der Waals surface area (Å²) in [6.07, 6.45) is 1.45. The molecule has 6 nitrogen and oxygen atoms in total. The summed E-state index contributed by atoms with van der Waals surface area (Å²) in [4.78, 5) is 8.14. The van der Waals surface area contributed by atoms with Gasteiger partial charge in [0.25, 0.3) is 10.0 Å². The molecule has 2 aromatic heterocycles. The molecule has 0 aliphatic carbocycles. The lowest BCUT2D eigenvalue weighted by Crippen LogP contribution is -2.14. The first-order valence-electron chi connectivity index (χ1n) is 6.05. The molecule has 0 aliphatic rings. The summed E-state index contributed by atoms with van der Waals surface area (Å²) >= 11 is 1.26. The van der Waals surface area contributed by atoms with Gasteiger partial charge in [0.15, 0.2) is 10.2 Å². The number of anilines is 1. The fourth-order valence-corrected chi connectivity index (χ4v) is 3.51. The average Bonchev–Trinajstić information content (AvgIpc) is 2.87. The van der Waals surface area contributed by atoms with Crippen LogP contribution in [0.1, 0.15) is 31.0 Å². The zero-order valence-corrected chi connectivity index (χ0v) is 12.8. The van der Waals surface area contributed by atoms with E-state index in [9.17, 15) is 8.42 Å². The fourth-order valence-electron chi connectivity index (χ4n) is 1.46. The maximum atomic E-state index is 12.1. The monoisotopic (exact) mass is 312 g/mol.